The summed E-state index contributed by atoms with van der Waals surface area (Å²) in [6.07, 6.45) is 0. The van der Waals surface area contributed by atoms with Gasteiger partial charge in [0.25, 0.3) is 0 Å². The van der Waals surface area contributed by atoms with Crippen molar-refractivity contribution >= 4 is 20.0 Å². The first kappa shape index (κ1) is 9.80. The second kappa shape index (κ2) is 3.85. The highest BCUT2D eigenvalue weighted by atomic mass is 31.1. The van der Waals surface area contributed by atoms with Gasteiger partial charge < -0.3 is 21.5 Å². The molecule has 0 aliphatic rings. The van der Waals surface area contributed by atoms with Gasteiger partial charge in [-0.25, -0.2) is 4.79 Å². The van der Waals surface area contributed by atoms with Gasteiger partial charge >= 0.3 is 19.8 Å². The standard InChI is InChI=1S/C3H6N3O4P/c4-3(5)6-1(2(7)8)11(9)10/h1H,(H,7,8)(H4,4,5,6). The van der Waals surface area contributed by atoms with Gasteiger partial charge in [-0.1, -0.05) is 4.57 Å². The topological polar surface area (TPSA) is 142 Å². The predicted octanol–water partition coefficient (Wildman–Crippen LogP) is -2.23. The molecule has 8 heteroatoms. The van der Waals surface area contributed by atoms with E-state index >= 15 is 0 Å². The van der Waals surface area contributed by atoms with Crippen LogP contribution in [-0.4, -0.2) is 22.8 Å². The van der Waals surface area contributed by atoms with Gasteiger partial charge in [0.05, 0.1) is 0 Å². The summed E-state index contributed by atoms with van der Waals surface area (Å²) in [7, 11) is -3.18. The molecule has 0 rings (SSSR count). The minimum Gasteiger partial charge on any atom is -0.593 e. The Labute approximate surface area is 62.6 Å². The van der Waals surface area contributed by atoms with Gasteiger partial charge in [0.1, 0.15) is 0 Å². The van der Waals surface area contributed by atoms with Crippen LogP contribution in [0.15, 0.2) is 4.99 Å². The molecule has 0 spiro atoms. The molecule has 0 saturated carbocycles. The van der Waals surface area contributed by atoms with Crippen molar-refractivity contribution in [2.75, 3.05) is 0 Å². The van der Waals surface area contributed by atoms with Gasteiger partial charge in [0, 0.05) is 0 Å². The highest BCUT2D eigenvalue weighted by Gasteiger charge is 2.29. The fourth-order valence-corrected chi connectivity index (χ4v) is 0.742. The molecule has 0 fully saturated rings. The zero-order valence-corrected chi connectivity index (χ0v) is 6.19. The van der Waals surface area contributed by atoms with E-state index in [0.717, 1.165) is 0 Å². The van der Waals surface area contributed by atoms with E-state index in [-0.39, 0.29) is 0 Å². The van der Waals surface area contributed by atoms with E-state index in [1.165, 1.54) is 0 Å². The Balaban J connectivity index is 4.49. The maximum absolute atomic E-state index is 10.1. The van der Waals surface area contributed by atoms with Gasteiger partial charge in [-0.3, -0.25) is 0 Å². The summed E-state index contributed by atoms with van der Waals surface area (Å²) in [6, 6.07) is 0. The van der Waals surface area contributed by atoms with Crippen LogP contribution in [0.4, 0.5) is 0 Å². The third-order valence-electron chi connectivity index (χ3n) is 0.692. The Bertz CT molecular complexity index is 197. The lowest BCUT2D eigenvalue weighted by atomic mass is 10.7. The van der Waals surface area contributed by atoms with Crippen molar-refractivity contribution in [1.29, 1.82) is 0 Å². The average Bonchev–Trinajstić information content (AvgIpc) is 1.81. The van der Waals surface area contributed by atoms with Gasteiger partial charge in [-0.2, -0.15) is 4.99 Å². The Kier molecular flexibility index (Phi) is 3.43. The fraction of sp³-hybridized carbons (Fsp3) is 0.333. The molecule has 7 nitrogen and oxygen atoms in total. The highest BCUT2D eigenvalue weighted by Crippen LogP contribution is 2.18. The van der Waals surface area contributed by atoms with Crippen LogP contribution in [0.1, 0.15) is 0 Å². The lowest BCUT2D eigenvalue weighted by Gasteiger charge is -1.96. The molecule has 11 heavy (non-hydrogen) atoms. The minimum absolute atomic E-state index is 0.573. The summed E-state index contributed by atoms with van der Waals surface area (Å²) in [5.41, 5.74) is 9.53. The molecule has 0 saturated heterocycles. The van der Waals surface area contributed by atoms with Gasteiger partial charge in [-0.05, 0) is 0 Å². The number of carboxylic acid groups (broad SMARTS) is 1. The maximum atomic E-state index is 10.1. The Morgan fingerprint density at radius 2 is 2.09 bits per heavy atom. The predicted molar refractivity (Wildman–Crippen MR) is 34.8 cm³/mol. The van der Waals surface area contributed by atoms with Crippen LogP contribution < -0.4 is 16.4 Å². The average molecular weight is 179 g/mol. The number of carbonyl (C=O) groups is 1. The van der Waals surface area contributed by atoms with Crippen LogP contribution in [0.5, 0.6) is 0 Å². The van der Waals surface area contributed by atoms with Crippen molar-refractivity contribution < 1.29 is 19.4 Å². The largest absolute Gasteiger partial charge is 0.593 e. The van der Waals surface area contributed by atoms with Crippen LogP contribution in [0.2, 0.25) is 0 Å². The van der Waals surface area contributed by atoms with Crippen LogP contribution in [0.25, 0.3) is 0 Å². The number of carboxylic acids is 1. The molecule has 2 unspecified atom stereocenters. The summed E-state index contributed by atoms with van der Waals surface area (Å²) in [5, 5.41) is 8.19. The SMILES string of the molecule is NC(N)=NC(C(=O)O)[P+](=O)[O-]. The number of hydrogen-bond donors (Lipinski definition) is 3. The van der Waals surface area contributed by atoms with E-state index in [1.807, 2.05) is 0 Å². The molecule has 0 aromatic carbocycles. The molecule has 0 aromatic rings. The summed E-state index contributed by atoms with van der Waals surface area (Å²) >= 11 is 0. The lowest BCUT2D eigenvalue weighted by molar-refractivity contribution is -0.168. The molecular formula is C3H6N3O4P. The first-order valence-corrected chi connectivity index (χ1v) is 3.65. The number of aliphatic carboxylic acids is 1. The number of rotatable bonds is 3. The molecule has 5 N–H and O–H groups in total. The molecule has 0 amide bonds. The number of aliphatic imine (C=N–C) groups is 1. The zero-order valence-electron chi connectivity index (χ0n) is 5.30. The summed E-state index contributed by atoms with van der Waals surface area (Å²) < 4.78 is 10.1. The summed E-state index contributed by atoms with van der Waals surface area (Å²) in [5.74, 6) is -4.05. The van der Waals surface area contributed by atoms with Crippen molar-refractivity contribution in [1.82, 2.24) is 0 Å². The first-order chi connectivity index (χ1) is 4.95. The molecule has 0 aromatic heterocycles. The first-order valence-electron chi connectivity index (χ1n) is 2.40. The van der Waals surface area contributed by atoms with Gasteiger partial charge in [0.2, 0.25) is 0 Å². The van der Waals surface area contributed by atoms with Crippen molar-refractivity contribution in [3.8, 4) is 0 Å². The minimum atomic E-state index is -3.18. The normalized spacial score (nSPS) is 13.4. The van der Waals surface area contributed by atoms with Crippen molar-refractivity contribution in [3.05, 3.63) is 0 Å². The zero-order chi connectivity index (χ0) is 9.02. The van der Waals surface area contributed by atoms with E-state index in [0.29, 0.717) is 0 Å². The molecule has 62 valence electrons. The smallest absolute Gasteiger partial charge is 0.379 e. The van der Waals surface area contributed by atoms with E-state index in [1.54, 1.807) is 0 Å². The quantitative estimate of drug-likeness (QED) is 0.254. The lowest BCUT2D eigenvalue weighted by Crippen LogP contribution is -2.28. The highest BCUT2D eigenvalue weighted by molar-refractivity contribution is 7.38. The Morgan fingerprint density at radius 3 is 2.18 bits per heavy atom. The molecule has 0 aliphatic carbocycles. The number of nitrogens with zero attached hydrogens (tertiary/aromatic N) is 1. The van der Waals surface area contributed by atoms with Gasteiger partial charge in [-0.15, -0.1) is 0 Å². The Morgan fingerprint density at radius 1 is 1.64 bits per heavy atom. The van der Waals surface area contributed by atoms with Crippen molar-refractivity contribution in [3.63, 3.8) is 0 Å². The van der Waals surface area contributed by atoms with E-state index in [4.69, 9.17) is 16.6 Å². The monoisotopic (exact) mass is 179 g/mol. The number of guanidine groups is 1. The van der Waals surface area contributed by atoms with Crippen LogP contribution >= 0.6 is 8.03 Å². The summed E-state index contributed by atoms with van der Waals surface area (Å²) in [6.45, 7) is 0. The second-order valence-corrected chi connectivity index (χ2v) is 2.61. The molecular weight excluding hydrogens is 173 g/mol. The maximum Gasteiger partial charge on any atom is 0.379 e. The fourth-order valence-electron chi connectivity index (χ4n) is 0.334. The molecule has 0 radical (unpaired) electrons. The van der Waals surface area contributed by atoms with Crippen LogP contribution in [0.3, 0.4) is 0 Å². The third kappa shape index (κ3) is 3.49. The third-order valence-corrected chi connectivity index (χ3v) is 1.43. The van der Waals surface area contributed by atoms with Gasteiger partial charge in [0.15, 0.2) is 5.96 Å². The molecule has 0 heterocycles. The molecule has 0 aliphatic heterocycles. The van der Waals surface area contributed by atoms with E-state index < -0.39 is 25.7 Å². The van der Waals surface area contributed by atoms with E-state index in [2.05, 4.69) is 4.99 Å². The second-order valence-electron chi connectivity index (χ2n) is 1.55. The summed E-state index contributed by atoms with van der Waals surface area (Å²) in [4.78, 5) is 23.1. The Hall–Kier alpha value is -1.20. The van der Waals surface area contributed by atoms with Crippen LogP contribution in [-0.2, 0) is 9.36 Å². The van der Waals surface area contributed by atoms with Crippen LogP contribution in [0, 0.1) is 0 Å². The van der Waals surface area contributed by atoms with E-state index in [9.17, 15) is 14.3 Å². The number of nitrogens with two attached hydrogens (primary N) is 2. The van der Waals surface area contributed by atoms with Crippen molar-refractivity contribution in [2.45, 2.75) is 5.78 Å². The van der Waals surface area contributed by atoms with Crippen molar-refractivity contribution in [2.24, 2.45) is 16.5 Å². The molecule has 0 bridgehead atoms. The molecule has 2 atom stereocenters. The number of hydrogen-bond acceptors (Lipinski definition) is 4.